The Morgan fingerprint density at radius 2 is 2.11 bits per heavy atom. The summed E-state index contributed by atoms with van der Waals surface area (Å²) in [6.45, 7) is 8.67. The Hall–Kier alpha value is -2.17. The molecule has 1 aromatic rings. The number of likely N-dealkylation sites (tertiary alicyclic amines) is 1. The molecule has 0 saturated carbocycles. The summed E-state index contributed by atoms with van der Waals surface area (Å²) in [6.07, 6.45) is 3.74. The average molecular weight is 368 g/mol. The van der Waals surface area contributed by atoms with E-state index in [0.717, 1.165) is 64.5 Å². The second-order valence-electron chi connectivity index (χ2n) is 8.07. The van der Waals surface area contributed by atoms with E-state index in [1.54, 1.807) is 12.3 Å². The normalized spacial score (nSPS) is 29.1. The van der Waals surface area contributed by atoms with Crippen molar-refractivity contribution in [1.82, 2.24) is 20.1 Å². The fourth-order valence-electron chi connectivity index (χ4n) is 4.52. The Kier molecular flexibility index (Phi) is 5.28. The second kappa shape index (κ2) is 7.83. The Morgan fingerprint density at radius 3 is 2.81 bits per heavy atom. The molecule has 0 spiro atoms. The third kappa shape index (κ3) is 3.92. The number of carbonyl (C=O) groups excluding carboxylic acids is 1. The van der Waals surface area contributed by atoms with Gasteiger partial charge >= 0.3 is 0 Å². The van der Waals surface area contributed by atoms with Gasteiger partial charge in [-0.2, -0.15) is 5.26 Å². The number of aromatic nitrogens is 1. The number of pyridine rings is 1. The molecule has 0 aliphatic carbocycles. The third-order valence-electron chi connectivity index (χ3n) is 6.17. The largest absolute Gasteiger partial charge is 0.354 e. The quantitative estimate of drug-likeness (QED) is 0.845. The summed E-state index contributed by atoms with van der Waals surface area (Å²) in [5.41, 5.74) is 0.653. The minimum atomic E-state index is -0.0210. The monoisotopic (exact) mass is 368 g/mol. The van der Waals surface area contributed by atoms with Gasteiger partial charge in [-0.25, -0.2) is 4.98 Å². The number of piperazine rings is 1. The van der Waals surface area contributed by atoms with Crippen LogP contribution in [0.2, 0.25) is 0 Å². The van der Waals surface area contributed by atoms with Crippen LogP contribution in [0.5, 0.6) is 0 Å². The van der Waals surface area contributed by atoms with Crippen LogP contribution >= 0.6 is 0 Å². The first-order chi connectivity index (χ1) is 13.1. The van der Waals surface area contributed by atoms with Crippen molar-refractivity contribution in [3.05, 3.63) is 23.9 Å². The van der Waals surface area contributed by atoms with Gasteiger partial charge in [0, 0.05) is 58.1 Å². The number of amides is 1. The van der Waals surface area contributed by atoms with E-state index in [9.17, 15) is 4.79 Å². The maximum atomic E-state index is 12.7. The van der Waals surface area contributed by atoms with Crippen LogP contribution in [0.1, 0.15) is 25.3 Å². The molecule has 4 rings (SSSR count). The summed E-state index contributed by atoms with van der Waals surface area (Å²) in [5, 5.41) is 12.5. The number of nitriles is 1. The molecule has 3 aliphatic heterocycles. The van der Waals surface area contributed by atoms with Crippen molar-refractivity contribution in [2.24, 2.45) is 5.92 Å². The molecule has 1 aromatic heterocycles. The Labute approximate surface area is 160 Å². The van der Waals surface area contributed by atoms with Crippen molar-refractivity contribution in [3.8, 4) is 6.07 Å². The molecule has 27 heavy (non-hydrogen) atoms. The summed E-state index contributed by atoms with van der Waals surface area (Å²) in [7, 11) is 0. The van der Waals surface area contributed by atoms with E-state index in [0.29, 0.717) is 17.5 Å². The molecule has 3 aliphatic rings. The molecule has 7 heteroatoms. The highest BCUT2D eigenvalue weighted by molar-refractivity contribution is 5.82. The van der Waals surface area contributed by atoms with Gasteiger partial charge in [-0.15, -0.1) is 0 Å². The minimum Gasteiger partial charge on any atom is -0.354 e. The zero-order valence-electron chi connectivity index (χ0n) is 16.0. The molecule has 7 nitrogen and oxygen atoms in total. The number of rotatable bonds is 3. The van der Waals surface area contributed by atoms with E-state index in [1.807, 2.05) is 11.0 Å². The Morgan fingerprint density at radius 1 is 1.30 bits per heavy atom. The predicted molar refractivity (Wildman–Crippen MR) is 103 cm³/mol. The number of hydrogen-bond acceptors (Lipinski definition) is 6. The van der Waals surface area contributed by atoms with Gasteiger partial charge in [-0.05, 0) is 30.9 Å². The lowest BCUT2D eigenvalue weighted by molar-refractivity contribution is -0.132. The topological polar surface area (TPSA) is 75.5 Å². The lowest BCUT2D eigenvalue weighted by Crippen LogP contribution is -2.51. The highest BCUT2D eigenvalue weighted by Crippen LogP contribution is 2.22. The van der Waals surface area contributed by atoms with Crippen molar-refractivity contribution in [2.45, 2.75) is 31.8 Å². The molecule has 0 aromatic carbocycles. The minimum absolute atomic E-state index is 0.0210. The van der Waals surface area contributed by atoms with Crippen LogP contribution in [0, 0.1) is 17.2 Å². The highest BCUT2D eigenvalue weighted by Gasteiger charge is 2.37. The first-order valence-corrected chi connectivity index (χ1v) is 10.0. The van der Waals surface area contributed by atoms with E-state index in [2.05, 4.69) is 33.1 Å². The number of nitrogens with one attached hydrogen (secondary N) is 1. The van der Waals surface area contributed by atoms with Crippen molar-refractivity contribution in [1.29, 1.82) is 5.26 Å². The van der Waals surface area contributed by atoms with Crippen LogP contribution in [0.3, 0.4) is 0 Å². The lowest BCUT2D eigenvalue weighted by Gasteiger charge is -2.38. The van der Waals surface area contributed by atoms with Gasteiger partial charge < -0.3 is 15.1 Å². The highest BCUT2D eigenvalue weighted by atomic mass is 16.2. The van der Waals surface area contributed by atoms with E-state index >= 15 is 0 Å². The molecule has 3 atom stereocenters. The summed E-state index contributed by atoms with van der Waals surface area (Å²) in [6, 6.07) is 6.19. The van der Waals surface area contributed by atoms with Gasteiger partial charge in [0.05, 0.1) is 17.7 Å². The smallest absolute Gasteiger partial charge is 0.239 e. The van der Waals surface area contributed by atoms with Gasteiger partial charge in [0.2, 0.25) is 5.91 Å². The first-order valence-electron chi connectivity index (χ1n) is 10.0. The molecule has 1 amide bonds. The molecule has 4 heterocycles. The molecule has 0 bridgehead atoms. The molecular weight excluding hydrogens is 340 g/mol. The summed E-state index contributed by atoms with van der Waals surface area (Å²) in [4.78, 5) is 23.9. The number of anilines is 1. The van der Waals surface area contributed by atoms with Gasteiger partial charge in [0.15, 0.2) is 0 Å². The third-order valence-corrected chi connectivity index (χ3v) is 6.17. The van der Waals surface area contributed by atoms with E-state index in [-0.39, 0.29) is 11.9 Å². The molecule has 0 radical (unpaired) electrons. The van der Waals surface area contributed by atoms with Gasteiger partial charge in [-0.1, -0.05) is 6.92 Å². The van der Waals surface area contributed by atoms with E-state index in [4.69, 9.17) is 5.26 Å². The van der Waals surface area contributed by atoms with Crippen molar-refractivity contribution >= 4 is 11.7 Å². The van der Waals surface area contributed by atoms with E-state index in [1.165, 1.54) is 0 Å². The van der Waals surface area contributed by atoms with Crippen LogP contribution < -0.4 is 10.2 Å². The summed E-state index contributed by atoms with van der Waals surface area (Å²) >= 11 is 0. The lowest BCUT2D eigenvalue weighted by atomic mass is 10.1. The number of nitrogens with zero attached hydrogens (tertiary/aromatic N) is 5. The molecule has 144 valence electrons. The average Bonchev–Trinajstić information content (AvgIpc) is 3.37. The zero-order chi connectivity index (χ0) is 18.8. The molecular formula is C20H28N6O. The Balaban J connectivity index is 1.29. The van der Waals surface area contributed by atoms with Gasteiger partial charge in [0.1, 0.15) is 5.82 Å². The van der Waals surface area contributed by atoms with Crippen molar-refractivity contribution in [2.75, 3.05) is 50.7 Å². The van der Waals surface area contributed by atoms with Crippen LogP contribution in [0.4, 0.5) is 5.82 Å². The zero-order valence-corrected chi connectivity index (χ0v) is 16.0. The molecule has 3 fully saturated rings. The standard InChI is InChI=1S/C20H28N6O/c1-15-3-5-26(14-15)20(27)18-11-17(13-23-18)24-6-8-25(9-7-24)19-10-16(12-21)2-4-22-19/h2,4,10,15,17-18,23H,3,5-9,11,13-14H2,1H3/t15?,17-,18-/m0/s1. The van der Waals surface area contributed by atoms with Crippen LogP contribution in [0.25, 0.3) is 0 Å². The maximum Gasteiger partial charge on any atom is 0.239 e. The molecule has 3 saturated heterocycles. The maximum absolute atomic E-state index is 12.7. The SMILES string of the molecule is CC1CCN(C(=O)[C@@H]2C[C@H](N3CCN(c4cc(C#N)ccn4)CC3)CN2)C1. The van der Waals surface area contributed by atoms with Crippen LogP contribution in [0.15, 0.2) is 18.3 Å². The van der Waals surface area contributed by atoms with Crippen molar-refractivity contribution < 1.29 is 4.79 Å². The predicted octanol–water partition coefficient (Wildman–Crippen LogP) is 0.674. The van der Waals surface area contributed by atoms with Crippen LogP contribution in [-0.2, 0) is 4.79 Å². The number of carbonyl (C=O) groups is 1. The van der Waals surface area contributed by atoms with Gasteiger partial charge in [0.25, 0.3) is 0 Å². The second-order valence-corrected chi connectivity index (χ2v) is 8.07. The summed E-state index contributed by atoms with van der Waals surface area (Å²) in [5.74, 6) is 1.81. The fourth-order valence-corrected chi connectivity index (χ4v) is 4.52. The Bertz CT molecular complexity index is 723. The first kappa shape index (κ1) is 18.2. The summed E-state index contributed by atoms with van der Waals surface area (Å²) < 4.78 is 0. The van der Waals surface area contributed by atoms with E-state index < -0.39 is 0 Å². The molecule has 1 N–H and O–H groups in total. The van der Waals surface area contributed by atoms with Crippen LogP contribution in [-0.4, -0.2) is 78.6 Å². The van der Waals surface area contributed by atoms with Crippen molar-refractivity contribution in [3.63, 3.8) is 0 Å². The fraction of sp³-hybridized carbons (Fsp3) is 0.650. The molecule has 1 unspecified atom stereocenters. The number of hydrogen-bond donors (Lipinski definition) is 1. The van der Waals surface area contributed by atoms with Gasteiger partial charge in [-0.3, -0.25) is 9.69 Å².